The number of benzene rings is 2. The molecule has 0 saturated carbocycles. The quantitative estimate of drug-likeness (QED) is 0.663. The Balaban J connectivity index is 1.37. The third kappa shape index (κ3) is 5.37. The smallest absolute Gasteiger partial charge is 0.275 e. The second kappa shape index (κ2) is 9.28. The molecule has 0 aromatic heterocycles. The topological polar surface area (TPSA) is 66.2 Å². The van der Waals surface area contributed by atoms with Gasteiger partial charge in [0.15, 0.2) is 6.54 Å². The molecule has 1 aliphatic rings. The number of hydrogen-bond acceptors (Lipinski definition) is 4. The van der Waals surface area contributed by atoms with Crippen molar-refractivity contribution in [3.63, 3.8) is 0 Å². The van der Waals surface area contributed by atoms with Gasteiger partial charge in [0.1, 0.15) is 11.5 Å². The monoisotopic (exact) mass is 370 g/mol. The van der Waals surface area contributed by atoms with Gasteiger partial charge in [-0.1, -0.05) is 24.3 Å². The Morgan fingerprint density at radius 1 is 1.15 bits per heavy atom. The minimum Gasteiger partial charge on any atom is -0.506 e. The lowest BCUT2D eigenvalue weighted by atomic mass is 10.1. The maximum absolute atomic E-state index is 12.2. The van der Waals surface area contributed by atoms with Crippen LogP contribution in [0.25, 0.3) is 0 Å². The molecule has 0 atom stereocenters. The number of aromatic hydroxyl groups is 1. The predicted octanol–water partition coefficient (Wildman–Crippen LogP) is 0.465. The van der Waals surface area contributed by atoms with Gasteiger partial charge in [-0.2, -0.15) is 0 Å². The van der Waals surface area contributed by atoms with Crippen LogP contribution in [0.1, 0.15) is 5.56 Å². The number of carbonyl (C=O) groups excluding carboxylic acids is 1. The van der Waals surface area contributed by atoms with Crippen molar-refractivity contribution in [3.05, 3.63) is 54.1 Å². The van der Waals surface area contributed by atoms with Crippen LogP contribution in [0.15, 0.2) is 48.5 Å². The zero-order valence-corrected chi connectivity index (χ0v) is 15.8. The molecule has 3 N–H and O–H groups in total. The highest BCUT2D eigenvalue weighted by atomic mass is 16.5. The molecular formula is C21H28N3O3+. The van der Waals surface area contributed by atoms with E-state index in [1.165, 1.54) is 10.5 Å². The summed E-state index contributed by atoms with van der Waals surface area (Å²) in [5, 5.41) is 13.0. The molecule has 1 heterocycles. The summed E-state index contributed by atoms with van der Waals surface area (Å²) < 4.78 is 5.15. The average Bonchev–Trinajstić information content (AvgIpc) is 2.70. The van der Waals surface area contributed by atoms with Crippen molar-refractivity contribution in [3.8, 4) is 11.5 Å². The number of piperazine rings is 1. The molecule has 2 aromatic rings. The highest BCUT2D eigenvalue weighted by molar-refractivity contribution is 5.76. The van der Waals surface area contributed by atoms with Crippen LogP contribution >= 0.6 is 0 Å². The van der Waals surface area contributed by atoms with Gasteiger partial charge in [0.05, 0.1) is 39.0 Å². The zero-order valence-electron chi connectivity index (χ0n) is 15.8. The number of rotatable bonds is 7. The summed E-state index contributed by atoms with van der Waals surface area (Å²) in [6.07, 6.45) is 0.812. The van der Waals surface area contributed by atoms with Crippen molar-refractivity contribution < 1.29 is 19.5 Å². The first-order chi connectivity index (χ1) is 13.2. The molecule has 0 bridgehead atoms. The van der Waals surface area contributed by atoms with Gasteiger partial charge >= 0.3 is 0 Å². The number of phenols is 1. The molecule has 3 rings (SSSR count). The van der Waals surface area contributed by atoms with Crippen LogP contribution in [0, 0.1) is 0 Å². The summed E-state index contributed by atoms with van der Waals surface area (Å²) in [5.74, 6) is 1.25. The zero-order chi connectivity index (χ0) is 19.1. The molecule has 0 spiro atoms. The number of anilines is 1. The lowest BCUT2D eigenvalue weighted by molar-refractivity contribution is -0.892. The van der Waals surface area contributed by atoms with Gasteiger partial charge in [-0.05, 0) is 36.2 Å². The number of para-hydroxylation sites is 2. The van der Waals surface area contributed by atoms with Gasteiger partial charge < -0.3 is 25.0 Å². The number of ether oxygens (including phenoxy) is 1. The number of amides is 1. The van der Waals surface area contributed by atoms with E-state index in [0.29, 0.717) is 18.8 Å². The molecule has 0 aliphatic carbocycles. The van der Waals surface area contributed by atoms with E-state index in [-0.39, 0.29) is 5.91 Å². The minimum atomic E-state index is 0.0921. The van der Waals surface area contributed by atoms with Crippen LogP contribution in [0.2, 0.25) is 0 Å². The highest BCUT2D eigenvalue weighted by Gasteiger charge is 2.23. The second-order valence-electron chi connectivity index (χ2n) is 6.85. The van der Waals surface area contributed by atoms with Gasteiger partial charge in [-0.3, -0.25) is 4.79 Å². The molecule has 1 fully saturated rings. The van der Waals surface area contributed by atoms with E-state index in [1.807, 2.05) is 42.5 Å². The van der Waals surface area contributed by atoms with Gasteiger partial charge in [0.25, 0.3) is 5.91 Å². The van der Waals surface area contributed by atoms with Crippen molar-refractivity contribution in [2.75, 3.05) is 51.3 Å². The number of nitrogens with zero attached hydrogens (tertiary/aromatic N) is 1. The lowest BCUT2D eigenvalue weighted by Gasteiger charge is -2.33. The summed E-state index contributed by atoms with van der Waals surface area (Å²) in [5.41, 5.74) is 2.06. The maximum atomic E-state index is 12.2. The molecule has 1 amide bonds. The van der Waals surface area contributed by atoms with Crippen molar-refractivity contribution in [2.24, 2.45) is 0 Å². The number of quaternary nitrogens is 1. The van der Waals surface area contributed by atoms with Crippen LogP contribution < -0.4 is 19.9 Å². The SMILES string of the molecule is COc1ccc(CCNC(=O)C[NH+]2CCN(c3ccccc3O)CC2)cc1. The molecule has 1 saturated heterocycles. The third-order valence-corrected chi connectivity index (χ3v) is 5.00. The Labute approximate surface area is 160 Å². The van der Waals surface area contributed by atoms with Crippen LogP contribution in [0.4, 0.5) is 5.69 Å². The van der Waals surface area contributed by atoms with Gasteiger partial charge in [-0.25, -0.2) is 0 Å². The summed E-state index contributed by atoms with van der Waals surface area (Å²) in [6.45, 7) is 4.60. The molecule has 144 valence electrons. The molecule has 27 heavy (non-hydrogen) atoms. The number of methoxy groups -OCH3 is 1. The highest BCUT2D eigenvalue weighted by Crippen LogP contribution is 2.25. The van der Waals surface area contributed by atoms with Crippen LogP contribution in [-0.2, 0) is 11.2 Å². The van der Waals surface area contributed by atoms with Gasteiger partial charge in [0, 0.05) is 6.54 Å². The van der Waals surface area contributed by atoms with Crippen LogP contribution in [0.3, 0.4) is 0 Å². The van der Waals surface area contributed by atoms with E-state index in [9.17, 15) is 9.90 Å². The van der Waals surface area contributed by atoms with E-state index in [4.69, 9.17) is 4.74 Å². The van der Waals surface area contributed by atoms with Crippen LogP contribution in [0.5, 0.6) is 11.5 Å². The summed E-state index contributed by atoms with van der Waals surface area (Å²) >= 11 is 0. The van der Waals surface area contributed by atoms with Crippen molar-refractivity contribution >= 4 is 11.6 Å². The Bertz CT molecular complexity index is 741. The second-order valence-corrected chi connectivity index (χ2v) is 6.85. The third-order valence-electron chi connectivity index (χ3n) is 5.00. The molecule has 6 nitrogen and oxygen atoms in total. The van der Waals surface area contributed by atoms with Crippen molar-refractivity contribution in [2.45, 2.75) is 6.42 Å². The van der Waals surface area contributed by atoms with Crippen molar-refractivity contribution in [1.29, 1.82) is 0 Å². The van der Waals surface area contributed by atoms with E-state index in [2.05, 4.69) is 10.2 Å². The molecular weight excluding hydrogens is 342 g/mol. The number of phenolic OH excluding ortho intramolecular Hbond substituents is 1. The molecule has 0 unspecified atom stereocenters. The standard InChI is InChI=1S/C21H27N3O3/c1-27-18-8-6-17(7-9-18)10-11-22-21(26)16-23-12-14-24(15-13-23)19-4-2-3-5-20(19)25/h2-9,25H,10-16H2,1H3,(H,22,26)/p+1. The average molecular weight is 370 g/mol. The Morgan fingerprint density at radius 3 is 2.52 bits per heavy atom. The molecule has 6 heteroatoms. The lowest BCUT2D eigenvalue weighted by Crippen LogP contribution is -3.16. The maximum Gasteiger partial charge on any atom is 0.275 e. The Hall–Kier alpha value is -2.73. The van der Waals surface area contributed by atoms with E-state index in [1.54, 1.807) is 13.2 Å². The van der Waals surface area contributed by atoms with Gasteiger partial charge in [0.2, 0.25) is 0 Å². The van der Waals surface area contributed by atoms with E-state index in [0.717, 1.165) is 44.0 Å². The fourth-order valence-electron chi connectivity index (χ4n) is 3.40. The fourth-order valence-corrected chi connectivity index (χ4v) is 3.40. The van der Waals surface area contributed by atoms with Crippen LogP contribution in [-0.4, -0.2) is 57.4 Å². The first kappa shape index (κ1) is 19.0. The first-order valence-electron chi connectivity index (χ1n) is 9.42. The van der Waals surface area contributed by atoms with Crippen molar-refractivity contribution in [1.82, 2.24) is 5.32 Å². The molecule has 1 aliphatic heterocycles. The Morgan fingerprint density at radius 2 is 1.85 bits per heavy atom. The number of hydrogen-bond donors (Lipinski definition) is 3. The number of carbonyl (C=O) groups is 1. The molecule has 2 aromatic carbocycles. The summed E-state index contributed by atoms with van der Waals surface area (Å²) in [4.78, 5) is 15.7. The summed E-state index contributed by atoms with van der Waals surface area (Å²) in [6, 6.07) is 15.3. The Kier molecular flexibility index (Phi) is 6.54. The molecule has 0 radical (unpaired) electrons. The fraction of sp³-hybridized carbons (Fsp3) is 0.381. The first-order valence-corrected chi connectivity index (χ1v) is 9.42. The van der Waals surface area contributed by atoms with Gasteiger partial charge in [-0.15, -0.1) is 0 Å². The van der Waals surface area contributed by atoms with E-state index >= 15 is 0 Å². The predicted molar refractivity (Wildman–Crippen MR) is 106 cm³/mol. The largest absolute Gasteiger partial charge is 0.506 e. The minimum absolute atomic E-state index is 0.0921. The van der Waals surface area contributed by atoms with E-state index < -0.39 is 0 Å². The number of nitrogens with one attached hydrogen (secondary N) is 2. The normalized spacial score (nSPS) is 14.8. The summed E-state index contributed by atoms with van der Waals surface area (Å²) in [7, 11) is 1.65.